The highest BCUT2D eigenvalue weighted by molar-refractivity contribution is 7.91. The van der Waals surface area contributed by atoms with Gasteiger partial charge in [-0.1, -0.05) is 0 Å². The summed E-state index contributed by atoms with van der Waals surface area (Å²) in [6.07, 6.45) is 0.812. The predicted octanol–water partition coefficient (Wildman–Crippen LogP) is -1.27. The lowest BCUT2D eigenvalue weighted by Crippen LogP contribution is -2.20. The lowest BCUT2D eigenvalue weighted by molar-refractivity contribution is 0.190. The zero-order chi connectivity index (χ0) is 7.49. The first kappa shape index (κ1) is 8.87. The maximum absolute atomic E-state index is 10.4. The Labute approximate surface area is 54.0 Å². The van der Waals surface area contributed by atoms with E-state index >= 15 is 0 Å². The molecule has 0 aromatic heterocycles. The summed E-state index contributed by atoms with van der Waals surface area (Å²) in [6, 6.07) is 0. The molecular weight excluding hydrogens is 144 g/mol. The first-order valence-corrected chi connectivity index (χ1v) is 4.41. The minimum atomic E-state index is -3.37. The maximum atomic E-state index is 10.4. The zero-order valence-corrected chi connectivity index (χ0v) is 5.93. The lowest BCUT2D eigenvalue weighted by atomic mass is 10.5. The first-order valence-electron chi connectivity index (χ1n) is 2.46. The summed E-state index contributed by atoms with van der Waals surface area (Å²) in [7, 11) is -3.37. The average Bonchev–Trinajstić information content (AvgIpc) is 1.64. The van der Waals surface area contributed by atoms with Crippen LogP contribution in [0.4, 0.5) is 0 Å². The van der Waals surface area contributed by atoms with E-state index in [1.165, 1.54) is 0 Å². The molecule has 0 rings (SSSR count). The SMILES string of the molecule is CS(=O)(=O)C(O)CCO. The summed E-state index contributed by atoms with van der Waals surface area (Å²) >= 11 is 0. The van der Waals surface area contributed by atoms with E-state index in [2.05, 4.69) is 0 Å². The van der Waals surface area contributed by atoms with Crippen LogP contribution in [0.2, 0.25) is 0 Å². The Bertz CT molecular complexity index is 159. The van der Waals surface area contributed by atoms with Crippen molar-refractivity contribution in [1.82, 2.24) is 0 Å². The zero-order valence-electron chi connectivity index (χ0n) is 5.11. The van der Waals surface area contributed by atoms with Gasteiger partial charge in [-0.25, -0.2) is 8.42 Å². The van der Waals surface area contributed by atoms with E-state index in [-0.39, 0.29) is 13.0 Å². The molecule has 5 heteroatoms. The Morgan fingerprint density at radius 1 is 1.56 bits per heavy atom. The molecule has 0 bridgehead atoms. The quantitative estimate of drug-likeness (QED) is 0.531. The van der Waals surface area contributed by atoms with Gasteiger partial charge in [-0.2, -0.15) is 0 Å². The van der Waals surface area contributed by atoms with Gasteiger partial charge in [-0.3, -0.25) is 0 Å². The third-order valence-electron chi connectivity index (χ3n) is 0.870. The van der Waals surface area contributed by atoms with Gasteiger partial charge in [0.05, 0.1) is 0 Å². The molecule has 56 valence electrons. The van der Waals surface area contributed by atoms with Crippen molar-refractivity contribution in [2.24, 2.45) is 0 Å². The van der Waals surface area contributed by atoms with Crippen LogP contribution in [0.1, 0.15) is 6.42 Å². The molecule has 0 aromatic rings. The molecule has 0 radical (unpaired) electrons. The average molecular weight is 154 g/mol. The highest BCUT2D eigenvalue weighted by Gasteiger charge is 2.14. The van der Waals surface area contributed by atoms with Crippen LogP contribution in [-0.4, -0.2) is 36.9 Å². The Morgan fingerprint density at radius 3 is 2.11 bits per heavy atom. The van der Waals surface area contributed by atoms with Crippen LogP contribution >= 0.6 is 0 Å². The number of aliphatic hydroxyl groups excluding tert-OH is 2. The second-order valence-electron chi connectivity index (χ2n) is 1.80. The summed E-state index contributed by atoms with van der Waals surface area (Å²) in [4.78, 5) is 0. The van der Waals surface area contributed by atoms with Crippen LogP contribution in [0.5, 0.6) is 0 Å². The second kappa shape index (κ2) is 3.14. The van der Waals surface area contributed by atoms with E-state index in [0.29, 0.717) is 0 Å². The number of sulfone groups is 1. The van der Waals surface area contributed by atoms with Crippen molar-refractivity contribution < 1.29 is 18.6 Å². The minimum absolute atomic E-state index is 0.112. The standard InChI is InChI=1S/C4H10O4S/c1-9(7,8)4(6)2-3-5/h4-6H,2-3H2,1H3. The Hall–Kier alpha value is -0.130. The number of hydrogen-bond donors (Lipinski definition) is 2. The molecule has 0 aromatic carbocycles. The van der Waals surface area contributed by atoms with E-state index in [9.17, 15) is 8.42 Å². The van der Waals surface area contributed by atoms with E-state index in [1.807, 2.05) is 0 Å². The van der Waals surface area contributed by atoms with Crippen LogP contribution in [0, 0.1) is 0 Å². The van der Waals surface area contributed by atoms with Gasteiger partial charge in [0.15, 0.2) is 15.3 Å². The molecule has 9 heavy (non-hydrogen) atoms. The topological polar surface area (TPSA) is 74.6 Å². The third kappa shape index (κ3) is 3.45. The molecule has 0 aliphatic heterocycles. The number of rotatable bonds is 3. The van der Waals surface area contributed by atoms with Gasteiger partial charge in [-0.15, -0.1) is 0 Å². The first-order chi connectivity index (χ1) is 3.98. The van der Waals surface area contributed by atoms with E-state index in [1.54, 1.807) is 0 Å². The van der Waals surface area contributed by atoms with Crippen molar-refractivity contribution in [2.75, 3.05) is 12.9 Å². The Balaban J connectivity index is 3.90. The fourth-order valence-corrected chi connectivity index (χ4v) is 0.858. The molecule has 0 aliphatic rings. The molecule has 0 saturated carbocycles. The summed E-state index contributed by atoms with van der Waals surface area (Å²) in [5.41, 5.74) is -1.41. The monoisotopic (exact) mass is 154 g/mol. The van der Waals surface area contributed by atoms with E-state index in [4.69, 9.17) is 10.2 Å². The Morgan fingerprint density at radius 2 is 2.00 bits per heavy atom. The normalized spacial score (nSPS) is 15.4. The fourth-order valence-electron chi connectivity index (χ4n) is 0.325. The van der Waals surface area contributed by atoms with E-state index < -0.39 is 15.3 Å². The van der Waals surface area contributed by atoms with Crippen molar-refractivity contribution in [3.8, 4) is 0 Å². The summed E-state index contributed by atoms with van der Waals surface area (Å²) in [6.45, 7) is -0.311. The van der Waals surface area contributed by atoms with Gasteiger partial charge in [0.2, 0.25) is 0 Å². The van der Waals surface area contributed by atoms with Gasteiger partial charge < -0.3 is 10.2 Å². The van der Waals surface area contributed by atoms with Crippen LogP contribution in [0.25, 0.3) is 0 Å². The van der Waals surface area contributed by atoms with Crippen LogP contribution < -0.4 is 0 Å². The largest absolute Gasteiger partial charge is 0.396 e. The highest BCUT2D eigenvalue weighted by atomic mass is 32.2. The van der Waals surface area contributed by atoms with Crippen LogP contribution in [-0.2, 0) is 9.84 Å². The lowest BCUT2D eigenvalue weighted by Gasteiger charge is -2.03. The Kier molecular flexibility index (Phi) is 3.10. The molecular formula is C4H10O4S. The molecule has 4 nitrogen and oxygen atoms in total. The van der Waals surface area contributed by atoms with Crippen molar-refractivity contribution in [2.45, 2.75) is 11.9 Å². The molecule has 1 atom stereocenters. The van der Waals surface area contributed by atoms with Crippen LogP contribution in [0.15, 0.2) is 0 Å². The minimum Gasteiger partial charge on any atom is -0.396 e. The third-order valence-corrected chi connectivity index (χ3v) is 2.09. The van der Waals surface area contributed by atoms with Gasteiger partial charge in [0.1, 0.15) is 0 Å². The van der Waals surface area contributed by atoms with Gasteiger partial charge in [0, 0.05) is 19.3 Å². The fraction of sp³-hybridized carbons (Fsp3) is 1.00. The number of aliphatic hydroxyl groups is 2. The molecule has 0 spiro atoms. The van der Waals surface area contributed by atoms with Gasteiger partial charge >= 0.3 is 0 Å². The maximum Gasteiger partial charge on any atom is 0.174 e. The van der Waals surface area contributed by atoms with Crippen molar-refractivity contribution in [3.63, 3.8) is 0 Å². The summed E-state index contributed by atoms with van der Waals surface area (Å²) in [5.74, 6) is 0. The van der Waals surface area contributed by atoms with Crippen molar-refractivity contribution in [1.29, 1.82) is 0 Å². The molecule has 0 saturated heterocycles. The summed E-state index contributed by atoms with van der Waals surface area (Å²) in [5, 5.41) is 16.8. The van der Waals surface area contributed by atoms with E-state index in [0.717, 1.165) is 6.26 Å². The highest BCUT2D eigenvalue weighted by Crippen LogP contribution is 1.97. The molecule has 0 heterocycles. The van der Waals surface area contributed by atoms with Crippen molar-refractivity contribution in [3.05, 3.63) is 0 Å². The molecule has 1 unspecified atom stereocenters. The summed E-state index contributed by atoms with van der Waals surface area (Å²) < 4.78 is 20.7. The molecule has 2 N–H and O–H groups in total. The van der Waals surface area contributed by atoms with Crippen LogP contribution in [0.3, 0.4) is 0 Å². The molecule has 0 fully saturated rings. The predicted molar refractivity (Wildman–Crippen MR) is 32.6 cm³/mol. The molecule has 0 aliphatic carbocycles. The van der Waals surface area contributed by atoms with Gasteiger partial charge in [-0.05, 0) is 0 Å². The van der Waals surface area contributed by atoms with Crippen molar-refractivity contribution >= 4 is 9.84 Å². The molecule has 0 amide bonds. The van der Waals surface area contributed by atoms with Gasteiger partial charge in [0.25, 0.3) is 0 Å². The smallest absolute Gasteiger partial charge is 0.174 e. The number of hydrogen-bond acceptors (Lipinski definition) is 4. The second-order valence-corrected chi connectivity index (χ2v) is 4.00.